The number of anilines is 1. The summed E-state index contributed by atoms with van der Waals surface area (Å²) in [4.78, 5) is 23.9. The molecule has 2 N–H and O–H groups in total. The van der Waals surface area contributed by atoms with E-state index in [4.69, 9.17) is 21.1 Å². The van der Waals surface area contributed by atoms with Crippen molar-refractivity contribution >= 4 is 35.2 Å². The molecule has 26 heavy (non-hydrogen) atoms. The lowest BCUT2D eigenvalue weighted by Crippen LogP contribution is -2.29. The zero-order valence-electron chi connectivity index (χ0n) is 14.2. The number of hydrogen-bond donors (Lipinski definition) is 2. The van der Waals surface area contributed by atoms with Gasteiger partial charge in [0.15, 0.2) is 17.6 Å². The van der Waals surface area contributed by atoms with E-state index in [1.165, 1.54) is 32.3 Å². The maximum atomic E-state index is 12.1. The molecule has 0 fully saturated rings. The number of methoxy groups -OCH3 is 1. The van der Waals surface area contributed by atoms with E-state index in [1.807, 2.05) is 0 Å². The van der Waals surface area contributed by atoms with Crippen LogP contribution in [0.3, 0.4) is 0 Å². The maximum Gasteiger partial charge on any atom is 0.331 e. The molecule has 0 aromatic heterocycles. The summed E-state index contributed by atoms with van der Waals surface area (Å²) in [6.45, 7) is 1.47. The summed E-state index contributed by atoms with van der Waals surface area (Å²) >= 11 is 5.85. The molecule has 136 valence electrons. The summed E-state index contributed by atoms with van der Waals surface area (Å²) in [5.74, 6) is -0.862. The van der Waals surface area contributed by atoms with Gasteiger partial charge in [0.25, 0.3) is 5.91 Å². The molecule has 1 amide bonds. The number of phenolic OH excluding ortho intramolecular Hbond substituents is 1. The highest BCUT2D eigenvalue weighted by molar-refractivity contribution is 6.30. The van der Waals surface area contributed by atoms with Crippen molar-refractivity contribution in [1.82, 2.24) is 0 Å². The van der Waals surface area contributed by atoms with E-state index in [9.17, 15) is 14.7 Å². The van der Waals surface area contributed by atoms with E-state index < -0.39 is 18.0 Å². The molecule has 7 heteroatoms. The Bertz CT molecular complexity index is 834. The summed E-state index contributed by atoms with van der Waals surface area (Å²) in [5, 5.41) is 12.6. The molecule has 2 aromatic rings. The molecule has 6 nitrogen and oxygen atoms in total. The quantitative estimate of drug-likeness (QED) is 0.594. The van der Waals surface area contributed by atoms with E-state index in [-0.39, 0.29) is 11.5 Å². The second-order valence-electron chi connectivity index (χ2n) is 5.34. The third kappa shape index (κ3) is 5.53. The van der Waals surface area contributed by atoms with Crippen LogP contribution < -0.4 is 10.1 Å². The second kappa shape index (κ2) is 8.92. The van der Waals surface area contributed by atoms with Crippen LogP contribution >= 0.6 is 11.6 Å². The molecule has 1 atom stereocenters. The molecule has 0 saturated heterocycles. The smallest absolute Gasteiger partial charge is 0.331 e. The fraction of sp³-hybridized carbons (Fsp3) is 0.158. The topological polar surface area (TPSA) is 84.9 Å². The van der Waals surface area contributed by atoms with E-state index in [1.54, 1.807) is 36.4 Å². The Morgan fingerprint density at radius 3 is 2.69 bits per heavy atom. The maximum absolute atomic E-state index is 12.1. The minimum absolute atomic E-state index is 0.00136. The van der Waals surface area contributed by atoms with E-state index >= 15 is 0 Å². The van der Waals surface area contributed by atoms with Gasteiger partial charge in [-0.05, 0) is 48.9 Å². The van der Waals surface area contributed by atoms with Crippen LogP contribution in [-0.2, 0) is 14.3 Å². The number of aromatic hydroxyl groups is 1. The fourth-order valence-corrected chi connectivity index (χ4v) is 2.23. The first-order valence-corrected chi connectivity index (χ1v) is 8.09. The molecular weight excluding hydrogens is 358 g/mol. The first-order valence-electron chi connectivity index (χ1n) is 7.71. The Morgan fingerprint density at radius 1 is 1.23 bits per heavy atom. The van der Waals surface area contributed by atoms with Crippen molar-refractivity contribution in [3.8, 4) is 11.5 Å². The molecule has 2 rings (SSSR count). The van der Waals surface area contributed by atoms with Gasteiger partial charge in [0.1, 0.15) is 0 Å². The van der Waals surface area contributed by atoms with Crippen molar-refractivity contribution in [2.24, 2.45) is 0 Å². The van der Waals surface area contributed by atoms with Crippen LogP contribution in [0.25, 0.3) is 6.08 Å². The molecule has 2 aromatic carbocycles. The van der Waals surface area contributed by atoms with E-state index in [0.717, 1.165) is 0 Å². The van der Waals surface area contributed by atoms with Gasteiger partial charge in [0, 0.05) is 16.8 Å². The number of hydrogen-bond acceptors (Lipinski definition) is 5. The number of carbonyl (C=O) groups is 2. The van der Waals surface area contributed by atoms with Crippen LogP contribution in [0, 0.1) is 0 Å². The highest BCUT2D eigenvalue weighted by atomic mass is 35.5. The number of nitrogens with one attached hydrogen (secondary N) is 1. The van der Waals surface area contributed by atoms with Gasteiger partial charge in [0.2, 0.25) is 0 Å². The van der Waals surface area contributed by atoms with Gasteiger partial charge < -0.3 is 19.9 Å². The predicted molar refractivity (Wildman–Crippen MR) is 99.3 cm³/mol. The average Bonchev–Trinajstić information content (AvgIpc) is 2.61. The molecule has 0 spiro atoms. The summed E-state index contributed by atoms with van der Waals surface area (Å²) in [6.07, 6.45) is 1.70. The lowest BCUT2D eigenvalue weighted by atomic mass is 10.2. The second-order valence-corrected chi connectivity index (χ2v) is 5.78. The van der Waals surface area contributed by atoms with Gasteiger partial charge >= 0.3 is 5.97 Å². The molecular formula is C19H18ClNO5. The number of benzene rings is 2. The molecule has 0 aliphatic rings. The summed E-state index contributed by atoms with van der Waals surface area (Å²) in [6, 6.07) is 11.3. The third-order valence-electron chi connectivity index (χ3n) is 3.37. The first kappa shape index (κ1) is 19.3. The van der Waals surface area contributed by atoms with Crippen LogP contribution in [0.2, 0.25) is 5.02 Å². The summed E-state index contributed by atoms with van der Waals surface area (Å²) < 4.78 is 10.1. The van der Waals surface area contributed by atoms with E-state index in [0.29, 0.717) is 16.3 Å². The number of halogens is 1. The van der Waals surface area contributed by atoms with E-state index in [2.05, 4.69) is 5.32 Å². The Balaban J connectivity index is 1.92. The molecule has 1 unspecified atom stereocenters. The van der Waals surface area contributed by atoms with Gasteiger partial charge in [-0.3, -0.25) is 4.79 Å². The number of ether oxygens (including phenoxy) is 2. The van der Waals surface area contributed by atoms with Crippen molar-refractivity contribution in [3.05, 3.63) is 59.1 Å². The van der Waals surface area contributed by atoms with Crippen LogP contribution in [0.5, 0.6) is 11.5 Å². The number of amides is 1. The zero-order valence-corrected chi connectivity index (χ0v) is 15.0. The van der Waals surface area contributed by atoms with Crippen molar-refractivity contribution in [2.45, 2.75) is 13.0 Å². The van der Waals surface area contributed by atoms with Gasteiger partial charge in [-0.2, -0.15) is 0 Å². The van der Waals surface area contributed by atoms with Gasteiger partial charge in [-0.15, -0.1) is 0 Å². The summed E-state index contributed by atoms with van der Waals surface area (Å²) in [5.41, 5.74) is 1.14. The largest absolute Gasteiger partial charge is 0.504 e. The first-order chi connectivity index (χ1) is 12.4. The van der Waals surface area contributed by atoms with Gasteiger partial charge in [0.05, 0.1) is 7.11 Å². The third-order valence-corrected chi connectivity index (χ3v) is 3.61. The summed E-state index contributed by atoms with van der Waals surface area (Å²) in [7, 11) is 1.43. The average molecular weight is 376 g/mol. The Kier molecular flexibility index (Phi) is 6.63. The Hall–Kier alpha value is -2.99. The van der Waals surface area contributed by atoms with Crippen molar-refractivity contribution in [1.29, 1.82) is 0 Å². The van der Waals surface area contributed by atoms with Crippen molar-refractivity contribution in [2.75, 3.05) is 12.4 Å². The molecule has 0 aliphatic carbocycles. The number of rotatable bonds is 6. The molecule has 0 aliphatic heterocycles. The Morgan fingerprint density at radius 2 is 2.00 bits per heavy atom. The lowest BCUT2D eigenvalue weighted by Gasteiger charge is -2.12. The predicted octanol–water partition coefficient (Wildman–Crippen LogP) is 3.64. The zero-order chi connectivity index (χ0) is 19.1. The van der Waals surface area contributed by atoms with Crippen molar-refractivity contribution in [3.63, 3.8) is 0 Å². The number of esters is 1. The monoisotopic (exact) mass is 375 g/mol. The minimum atomic E-state index is -0.986. The Labute approximate surface area is 156 Å². The normalized spacial score (nSPS) is 11.8. The lowest BCUT2D eigenvalue weighted by molar-refractivity contribution is -0.148. The highest BCUT2D eigenvalue weighted by Crippen LogP contribution is 2.26. The molecule has 0 bridgehead atoms. The van der Waals surface area contributed by atoms with Gasteiger partial charge in [-0.1, -0.05) is 23.7 Å². The number of carbonyl (C=O) groups excluding carboxylic acids is 2. The molecule has 0 radical (unpaired) electrons. The fourth-order valence-electron chi connectivity index (χ4n) is 2.04. The van der Waals surface area contributed by atoms with Crippen LogP contribution in [-0.4, -0.2) is 30.2 Å². The highest BCUT2D eigenvalue weighted by Gasteiger charge is 2.16. The van der Waals surface area contributed by atoms with Gasteiger partial charge in [-0.25, -0.2) is 4.79 Å². The van der Waals surface area contributed by atoms with Crippen LogP contribution in [0.1, 0.15) is 12.5 Å². The van der Waals surface area contributed by atoms with Crippen molar-refractivity contribution < 1.29 is 24.2 Å². The minimum Gasteiger partial charge on any atom is -0.504 e. The number of phenols is 1. The SMILES string of the molecule is COc1cc(C=CC(=O)OC(C)C(=O)Nc2cccc(Cl)c2)ccc1O. The van der Waals surface area contributed by atoms with Crippen LogP contribution in [0.4, 0.5) is 5.69 Å². The molecule has 0 saturated carbocycles. The standard InChI is InChI=1S/C19H18ClNO5/c1-12(19(24)21-15-5-3-4-14(20)11-15)26-18(23)9-7-13-6-8-16(22)17(10-13)25-2/h3-12,22H,1-2H3,(H,21,24). The molecule has 0 heterocycles. The van der Waals surface area contributed by atoms with Crippen LogP contribution in [0.15, 0.2) is 48.5 Å².